The van der Waals surface area contributed by atoms with E-state index in [-0.39, 0.29) is 23.6 Å². The van der Waals surface area contributed by atoms with Crippen molar-refractivity contribution in [2.45, 2.75) is 33.6 Å². The number of nitrogens with one attached hydrogen (secondary N) is 2. The molecule has 2 aromatic carbocycles. The summed E-state index contributed by atoms with van der Waals surface area (Å²) in [6.07, 6.45) is 1.87. The van der Waals surface area contributed by atoms with Gasteiger partial charge in [0.05, 0.1) is 16.1 Å². The van der Waals surface area contributed by atoms with Gasteiger partial charge >= 0.3 is 0 Å². The molecule has 1 atom stereocenters. The SMILES string of the molecule is CCN(CC)C(=O)C1CCCN(c2nc3ccc(C(=O)Nc4ccc(NC(C)=O)cc4)cc3s2)C1. The van der Waals surface area contributed by atoms with E-state index in [0.717, 1.165) is 47.8 Å². The Balaban J connectivity index is 1.45. The van der Waals surface area contributed by atoms with E-state index in [1.165, 1.54) is 6.92 Å². The number of piperidine rings is 1. The smallest absolute Gasteiger partial charge is 0.255 e. The van der Waals surface area contributed by atoms with Gasteiger partial charge in [-0.1, -0.05) is 11.3 Å². The van der Waals surface area contributed by atoms with Gasteiger partial charge in [-0.05, 0) is 69.2 Å². The van der Waals surface area contributed by atoms with Crippen LogP contribution < -0.4 is 15.5 Å². The summed E-state index contributed by atoms with van der Waals surface area (Å²) in [7, 11) is 0. The number of hydrogen-bond donors (Lipinski definition) is 2. The lowest BCUT2D eigenvalue weighted by molar-refractivity contribution is -0.135. The van der Waals surface area contributed by atoms with Crippen LogP contribution in [-0.2, 0) is 9.59 Å². The molecule has 184 valence electrons. The van der Waals surface area contributed by atoms with Gasteiger partial charge in [-0.25, -0.2) is 4.98 Å². The van der Waals surface area contributed by atoms with E-state index in [1.54, 1.807) is 41.7 Å². The molecule has 4 rings (SSSR count). The van der Waals surface area contributed by atoms with Crippen molar-refractivity contribution in [2.75, 3.05) is 41.7 Å². The number of amides is 3. The molecule has 2 heterocycles. The van der Waals surface area contributed by atoms with Crippen molar-refractivity contribution in [1.29, 1.82) is 0 Å². The number of hydrogen-bond acceptors (Lipinski definition) is 6. The van der Waals surface area contributed by atoms with Crippen molar-refractivity contribution < 1.29 is 14.4 Å². The third kappa shape index (κ3) is 5.79. The first-order valence-electron chi connectivity index (χ1n) is 12.0. The molecule has 0 bridgehead atoms. The average molecular weight is 494 g/mol. The summed E-state index contributed by atoms with van der Waals surface area (Å²) in [5, 5.41) is 6.49. The Bertz CT molecular complexity index is 1220. The van der Waals surface area contributed by atoms with Gasteiger partial charge in [0.2, 0.25) is 11.8 Å². The minimum absolute atomic E-state index is 0.00552. The number of aromatic nitrogens is 1. The highest BCUT2D eigenvalue weighted by molar-refractivity contribution is 7.22. The Morgan fingerprint density at radius 2 is 1.74 bits per heavy atom. The summed E-state index contributed by atoms with van der Waals surface area (Å²) in [5.41, 5.74) is 2.71. The summed E-state index contributed by atoms with van der Waals surface area (Å²) in [6.45, 7) is 8.51. The fourth-order valence-electron chi connectivity index (χ4n) is 4.38. The molecule has 0 aliphatic carbocycles. The minimum atomic E-state index is -0.211. The highest BCUT2D eigenvalue weighted by atomic mass is 32.1. The van der Waals surface area contributed by atoms with Gasteiger partial charge in [-0.15, -0.1) is 0 Å². The van der Waals surface area contributed by atoms with Crippen LogP contribution in [0.2, 0.25) is 0 Å². The van der Waals surface area contributed by atoms with Crippen LogP contribution in [0.15, 0.2) is 42.5 Å². The number of benzene rings is 2. The van der Waals surface area contributed by atoms with Crippen molar-refractivity contribution in [3.05, 3.63) is 48.0 Å². The monoisotopic (exact) mass is 493 g/mol. The highest BCUT2D eigenvalue weighted by Crippen LogP contribution is 2.32. The zero-order chi connectivity index (χ0) is 24.9. The molecule has 3 amide bonds. The maximum atomic E-state index is 12.9. The summed E-state index contributed by atoms with van der Waals surface area (Å²) in [5.74, 6) is -0.134. The Morgan fingerprint density at radius 1 is 1.06 bits per heavy atom. The van der Waals surface area contributed by atoms with Crippen molar-refractivity contribution >= 4 is 55.8 Å². The average Bonchev–Trinajstić information content (AvgIpc) is 3.29. The maximum absolute atomic E-state index is 12.9. The van der Waals surface area contributed by atoms with Gasteiger partial charge in [0.15, 0.2) is 5.13 Å². The van der Waals surface area contributed by atoms with Crippen LogP contribution in [0, 0.1) is 5.92 Å². The molecule has 9 heteroatoms. The van der Waals surface area contributed by atoms with Crippen molar-refractivity contribution in [3.8, 4) is 0 Å². The molecule has 1 saturated heterocycles. The standard InChI is InChI=1S/C26H31N5O3S/c1-4-30(5-2)25(34)19-7-6-14-31(16-19)26-29-22-13-8-18(15-23(22)35-26)24(33)28-21-11-9-20(10-12-21)27-17(3)32/h8-13,15,19H,4-7,14,16H2,1-3H3,(H,27,32)(H,28,33). The number of fused-ring (bicyclic) bond motifs is 1. The van der Waals surface area contributed by atoms with Crippen LogP contribution >= 0.6 is 11.3 Å². The van der Waals surface area contributed by atoms with Crippen molar-refractivity contribution in [3.63, 3.8) is 0 Å². The lowest BCUT2D eigenvalue weighted by atomic mass is 9.97. The maximum Gasteiger partial charge on any atom is 0.255 e. The second-order valence-corrected chi connectivity index (χ2v) is 9.70. The van der Waals surface area contributed by atoms with Crippen molar-refractivity contribution in [1.82, 2.24) is 9.88 Å². The summed E-state index contributed by atoms with van der Waals surface area (Å²) in [6, 6.07) is 12.5. The third-order valence-corrected chi connectivity index (χ3v) is 7.30. The molecule has 3 aromatic rings. The van der Waals surface area contributed by atoms with Crippen LogP contribution in [0.4, 0.5) is 16.5 Å². The molecule has 1 aliphatic rings. The van der Waals surface area contributed by atoms with Crippen LogP contribution in [0.1, 0.15) is 44.0 Å². The van der Waals surface area contributed by atoms with E-state index < -0.39 is 0 Å². The number of nitrogens with zero attached hydrogens (tertiary/aromatic N) is 3. The first-order valence-corrected chi connectivity index (χ1v) is 12.8. The predicted octanol–water partition coefficient (Wildman–Crippen LogP) is 4.59. The minimum Gasteiger partial charge on any atom is -0.347 e. The van der Waals surface area contributed by atoms with Crippen LogP contribution in [-0.4, -0.2) is 53.8 Å². The van der Waals surface area contributed by atoms with Gasteiger partial charge in [0.25, 0.3) is 5.91 Å². The lowest BCUT2D eigenvalue weighted by Crippen LogP contribution is -2.44. The molecular weight excluding hydrogens is 462 g/mol. The first-order chi connectivity index (χ1) is 16.9. The van der Waals surface area contributed by atoms with E-state index in [1.807, 2.05) is 30.9 Å². The number of thiazole rings is 1. The quantitative estimate of drug-likeness (QED) is 0.502. The molecule has 1 fully saturated rings. The number of anilines is 3. The van der Waals surface area contributed by atoms with Gasteiger partial charge in [0, 0.05) is 50.0 Å². The van der Waals surface area contributed by atoms with E-state index in [2.05, 4.69) is 15.5 Å². The van der Waals surface area contributed by atoms with Crippen LogP contribution in [0.25, 0.3) is 10.2 Å². The van der Waals surface area contributed by atoms with E-state index in [0.29, 0.717) is 23.5 Å². The molecule has 35 heavy (non-hydrogen) atoms. The molecule has 1 unspecified atom stereocenters. The van der Waals surface area contributed by atoms with Gasteiger partial charge in [-0.3, -0.25) is 14.4 Å². The molecule has 8 nitrogen and oxygen atoms in total. The van der Waals surface area contributed by atoms with Gasteiger partial charge in [-0.2, -0.15) is 0 Å². The molecule has 2 N–H and O–H groups in total. The number of carbonyl (C=O) groups excluding carboxylic acids is 3. The first kappa shape index (κ1) is 24.7. The Hall–Kier alpha value is -3.46. The van der Waals surface area contributed by atoms with Crippen LogP contribution in [0.3, 0.4) is 0 Å². The fraction of sp³-hybridized carbons (Fsp3) is 0.385. The summed E-state index contributed by atoms with van der Waals surface area (Å²) in [4.78, 5) is 45.7. The number of carbonyl (C=O) groups is 3. The van der Waals surface area contributed by atoms with Gasteiger partial charge in [0.1, 0.15) is 0 Å². The largest absolute Gasteiger partial charge is 0.347 e. The van der Waals surface area contributed by atoms with E-state index >= 15 is 0 Å². The Labute approximate surface area is 209 Å². The van der Waals surface area contributed by atoms with E-state index in [9.17, 15) is 14.4 Å². The molecular formula is C26H31N5O3S. The zero-order valence-electron chi connectivity index (χ0n) is 20.3. The normalized spacial score (nSPS) is 15.6. The molecule has 0 spiro atoms. The second kappa shape index (κ2) is 10.9. The summed E-state index contributed by atoms with van der Waals surface area (Å²) < 4.78 is 0.936. The summed E-state index contributed by atoms with van der Waals surface area (Å²) >= 11 is 1.55. The molecule has 1 aliphatic heterocycles. The topological polar surface area (TPSA) is 94.6 Å². The Morgan fingerprint density at radius 3 is 2.40 bits per heavy atom. The third-order valence-electron chi connectivity index (χ3n) is 6.22. The molecule has 0 radical (unpaired) electrons. The molecule has 0 saturated carbocycles. The zero-order valence-corrected chi connectivity index (χ0v) is 21.2. The fourth-order valence-corrected chi connectivity index (χ4v) is 5.42. The molecule has 1 aromatic heterocycles. The second-order valence-electron chi connectivity index (χ2n) is 8.69. The predicted molar refractivity (Wildman–Crippen MR) is 141 cm³/mol. The lowest BCUT2D eigenvalue weighted by Gasteiger charge is -2.34. The van der Waals surface area contributed by atoms with E-state index in [4.69, 9.17) is 4.98 Å². The number of rotatable bonds is 7. The van der Waals surface area contributed by atoms with Crippen molar-refractivity contribution in [2.24, 2.45) is 5.92 Å². The highest BCUT2D eigenvalue weighted by Gasteiger charge is 2.29. The Kier molecular flexibility index (Phi) is 7.65. The van der Waals surface area contributed by atoms with Crippen LogP contribution in [0.5, 0.6) is 0 Å². The van der Waals surface area contributed by atoms with Gasteiger partial charge < -0.3 is 20.4 Å².